The molecule has 2 N–H and O–H groups in total. The summed E-state index contributed by atoms with van der Waals surface area (Å²) >= 11 is 0. The molecule has 2 amide bonds. The van der Waals surface area contributed by atoms with E-state index in [4.69, 9.17) is 4.74 Å². The highest BCUT2D eigenvalue weighted by Gasteiger charge is 2.36. The van der Waals surface area contributed by atoms with Crippen LogP contribution in [0.1, 0.15) is 66.7 Å². The first-order valence-corrected chi connectivity index (χ1v) is 8.92. The Morgan fingerprint density at radius 2 is 1.65 bits per heavy atom. The summed E-state index contributed by atoms with van der Waals surface area (Å²) in [6, 6.07) is 0. The van der Waals surface area contributed by atoms with Crippen LogP contribution in [0, 0.1) is 11.8 Å². The van der Waals surface area contributed by atoms with Gasteiger partial charge in [-0.05, 0) is 53.9 Å². The molecule has 0 radical (unpaired) electrons. The van der Waals surface area contributed by atoms with E-state index in [1.807, 2.05) is 34.6 Å². The molecule has 0 saturated heterocycles. The second kappa shape index (κ2) is 9.26. The quantitative estimate of drug-likeness (QED) is 0.707. The average molecular weight is 326 g/mol. The number of ether oxygens (including phenoxy) is 1. The van der Waals surface area contributed by atoms with Crippen molar-refractivity contribution < 1.29 is 14.3 Å². The van der Waals surface area contributed by atoms with Gasteiger partial charge in [-0.3, -0.25) is 9.59 Å². The van der Waals surface area contributed by atoms with Gasteiger partial charge in [0.15, 0.2) is 0 Å². The molecule has 0 bridgehead atoms. The van der Waals surface area contributed by atoms with E-state index in [0.29, 0.717) is 13.2 Å². The van der Waals surface area contributed by atoms with E-state index in [0.717, 1.165) is 32.1 Å². The Bertz CT molecular complexity index is 388. The third kappa shape index (κ3) is 7.82. The molecular formula is C18H34N2O3. The van der Waals surface area contributed by atoms with Crippen molar-refractivity contribution in [2.24, 2.45) is 11.8 Å². The fourth-order valence-corrected chi connectivity index (χ4v) is 2.95. The Morgan fingerprint density at radius 1 is 1.09 bits per heavy atom. The lowest BCUT2D eigenvalue weighted by Gasteiger charge is -2.32. The van der Waals surface area contributed by atoms with Crippen molar-refractivity contribution in [3.8, 4) is 0 Å². The Morgan fingerprint density at radius 3 is 2.17 bits per heavy atom. The summed E-state index contributed by atoms with van der Waals surface area (Å²) in [6.45, 7) is 11.2. The van der Waals surface area contributed by atoms with Crippen molar-refractivity contribution in [2.45, 2.75) is 78.4 Å². The Kier molecular flexibility index (Phi) is 8.03. The van der Waals surface area contributed by atoms with Crippen LogP contribution in [0.5, 0.6) is 0 Å². The number of hydrogen-bond donors (Lipinski definition) is 2. The summed E-state index contributed by atoms with van der Waals surface area (Å²) in [5.41, 5.74) is -0.260. The van der Waals surface area contributed by atoms with Crippen molar-refractivity contribution >= 4 is 11.8 Å². The molecule has 1 fully saturated rings. The van der Waals surface area contributed by atoms with Crippen LogP contribution in [0.3, 0.4) is 0 Å². The van der Waals surface area contributed by atoms with Gasteiger partial charge in [0.05, 0.1) is 6.10 Å². The fraction of sp³-hybridized carbons (Fsp3) is 0.889. The van der Waals surface area contributed by atoms with Crippen molar-refractivity contribution in [2.75, 3.05) is 13.2 Å². The Hall–Kier alpha value is -1.10. The molecular weight excluding hydrogens is 292 g/mol. The maximum Gasteiger partial charge on any atom is 0.224 e. The van der Waals surface area contributed by atoms with Crippen LogP contribution < -0.4 is 10.6 Å². The zero-order valence-corrected chi connectivity index (χ0v) is 15.4. The summed E-state index contributed by atoms with van der Waals surface area (Å²) in [6.07, 6.45) is 4.67. The topological polar surface area (TPSA) is 67.4 Å². The van der Waals surface area contributed by atoms with Crippen molar-refractivity contribution in [1.82, 2.24) is 10.6 Å². The lowest BCUT2D eigenvalue weighted by molar-refractivity contribution is -0.137. The van der Waals surface area contributed by atoms with Crippen molar-refractivity contribution in [1.29, 1.82) is 0 Å². The summed E-state index contributed by atoms with van der Waals surface area (Å²) in [7, 11) is 0. The van der Waals surface area contributed by atoms with Gasteiger partial charge in [-0.25, -0.2) is 0 Å². The molecule has 0 aromatic heterocycles. The number of hydrogen-bond acceptors (Lipinski definition) is 3. The van der Waals surface area contributed by atoms with Crippen LogP contribution in [-0.4, -0.2) is 36.6 Å². The smallest absolute Gasteiger partial charge is 0.224 e. The van der Waals surface area contributed by atoms with Crippen LogP contribution in [0.15, 0.2) is 0 Å². The van der Waals surface area contributed by atoms with Crippen LogP contribution in [0.25, 0.3) is 0 Å². The number of carbonyl (C=O) groups is 2. The SMILES string of the molecule is CC(C)OCCCNC(=O)C1CCCCC1C(=O)NC(C)(C)C. The highest BCUT2D eigenvalue weighted by Crippen LogP contribution is 2.30. The standard InChI is InChI=1S/C18H34N2O3/c1-13(2)23-12-8-11-19-16(21)14-9-6-7-10-15(14)17(22)20-18(3,4)5/h13-15H,6-12H2,1-5H3,(H,19,21)(H,20,22). The minimum atomic E-state index is -0.260. The predicted octanol–water partition coefficient (Wildman–Crippen LogP) is 2.64. The first-order valence-electron chi connectivity index (χ1n) is 8.92. The molecule has 2 atom stereocenters. The van der Waals surface area contributed by atoms with Gasteiger partial charge in [-0.2, -0.15) is 0 Å². The summed E-state index contributed by atoms with van der Waals surface area (Å²) in [4.78, 5) is 24.9. The lowest BCUT2D eigenvalue weighted by Crippen LogP contribution is -2.49. The van der Waals surface area contributed by atoms with E-state index in [2.05, 4.69) is 10.6 Å². The second-order valence-corrected chi connectivity index (χ2v) is 7.80. The van der Waals surface area contributed by atoms with Crippen LogP contribution in [0.4, 0.5) is 0 Å². The molecule has 0 spiro atoms. The van der Waals surface area contributed by atoms with Crippen LogP contribution >= 0.6 is 0 Å². The summed E-state index contributed by atoms with van der Waals surface area (Å²) in [5, 5.41) is 6.00. The second-order valence-electron chi connectivity index (χ2n) is 7.80. The number of nitrogens with one attached hydrogen (secondary N) is 2. The van der Waals surface area contributed by atoms with E-state index < -0.39 is 0 Å². The molecule has 0 aromatic rings. The predicted molar refractivity (Wildman–Crippen MR) is 92.1 cm³/mol. The maximum atomic E-state index is 12.5. The minimum absolute atomic E-state index is 0.0143. The lowest BCUT2D eigenvalue weighted by atomic mass is 9.77. The van der Waals surface area contributed by atoms with Gasteiger partial charge < -0.3 is 15.4 Å². The molecule has 1 aliphatic rings. The van der Waals surface area contributed by atoms with Gasteiger partial charge in [0, 0.05) is 30.5 Å². The molecule has 5 heteroatoms. The minimum Gasteiger partial charge on any atom is -0.379 e. The monoisotopic (exact) mass is 326 g/mol. The van der Waals surface area contributed by atoms with E-state index >= 15 is 0 Å². The van der Waals surface area contributed by atoms with Gasteiger partial charge in [-0.15, -0.1) is 0 Å². The fourth-order valence-electron chi connectivity index (χ4n) is 2.95. The maximum absolute atomic E-state index is 12.5. The van der Waals surface area contributed by atoms with E-state index in [1.165, 1.54) is 0 Å². The zero-order valence-electron chi connectivity index (χ0n) is 15.4. The first-order chi connectivity index (χ1) is 10.7. The van der Waals surface area contributed by atoms with E-state index in [1.54, 1.807) is 0 Å². The number of rotatable bonds is 7. The Labute approximate surface area is 140 Å². The van der Waals surface area contributed by atoms with E-state index in [-0.39, 0.29) is 35.3 Å². The molecule has 0 aliphatic heterocycles. The molecule has 5 nitrogen and oxygen atoms in total. The molecule has 23 heavy (non-hydrogen) atoms. The summed E-state index contributed by atoms with van der Waals surface area (Å²) < 4.78 is 5.47. The molecule has 134 valence electrons. The normalized spacial score (nSPS) is 22.0. The third-order valence-electron chi connectivity index (χ3n) is 4.01. The van der Waals surface area contributed by atoms with Gasteiger partial charge in [0.25, 0.3) is 0 Å². The zero-order chi connectivity index (χ0) is 17.5. The average Bonchev–Trinajstić information content (AvgIpc) is 2.44. The van der Waals surface area contributed by atoms with Crippen molar-refractivity contribution in [3.05, 3.63) is 0 Å². The summed E-state index contributed by atoms with van der Waals surface area (Å²) in [5.74, 6) is -0.365. The van der Waals surface area contributed by atoms with Crippen LogP contribution in [-0.2, 0) is 14.3 Å². The molecule has 2 unspecified atom stereocenters. The number of carbonyl (C=O) groups excluding carboxylic acids is 2. The molecule has 1 rings (SSSR count). The molecule has 0 heterocycles. The number of amides is 2. The molecule has 1 saturated carbocycles. The third-order valence-corrected chi connectivity index (χ3v) is 4.01. The van der Waals surface area contributed by atoms with E-state index in [9.17, 15) is 9.59 Å². The van der Waals surface area contributed by atoms with Gasteiger partial charge in [0.2, 0.25) is 11.8 Å². The largest absolute Gasteiger partial charge is 0.379 e. The van der Waals surface area contributed by atoms with Gasteiger partial charge in [0.1, 0.15) is 0 Å². The molecule has 0 aromatic carbocycles. The van der Waals surface area contributed by atoms with Gasteiger partial charge in [-0.1, -0.05) is 12.8 Å². The highest BCUT2D eigenvalue weighted by molar-refractivity contribution is 5.88. The van der Waals surface area contributed by atoms with Crippen molar-refractivity contribution in [3.63, 3.8) is 0 Å². The molecule has 1 aliphatic carbocycles. The Balaban J connectivity index is 2.47. The van der Waals surface area contributed by atoms with Crippen LogP contribution in [0.2, 0.25) is 0 Å². The highest BCUT2D eigenvalue weighted by atomic mass is 16.5. The first kappa shape index (κ1) is 19.9. The van der Waals surface area contributed by atoms with Gasteiger partial charge >= 0.3 is 0 Å².